The van der Waals surface area contributed by atoms with Crippen molar-refractivity contribution in [3.8, 4) is 0 Å². The first-order valence-electron chi connectivity index (χ1n) is 5.93. The van der Waals surface area contributed by atoms with Crippen LogP contribution in [0.2, 0.25) is 0 Å². The van der Waals surface area contributed by atoms with Gasteiger partial charge in [0.1, 0.15) is 5.78 Å². The summed E-state index contributed by atoms with van der Waals surface area (Å²) in [5, 5.41) is 0. The molecule has 0 N–H and O–H groups in total. The van der Waals surface area contributed by atoms with Gasteiger partial charge in [0.05, 0.1) is 0 Å². The summed E-state index contributed by atoms with van der Waals surface area (Å²) in [6, 6.07) is 10.4. The molecule has 1 nitrogen and oxygen atoms in total. The maximum Gasteiger partial charge on any atom is 0.133 e. The molecule has 1 aliphatic carbocycles. The van der Waals surface area contributed by atoms with Crippen molar-refractivity contribution in [3.05, 3.63) is 35.9 Å². The molecule has 2 rings (SSSR count). The Morgan fingerprint density at radius 2 is 1.80 bits per heavy atom. The van der Waals surface area contributed by atoms with Gasteiger partial charge in [-0.2, -0.15) is 0 Å². The first-order valence-corrected chi connectivity index (χ1v) is 5.93. The van der Waals surface area contributed by atoms with Crippen molar-refractivity contribution in [3.63, 3.8) is 0 Å². The predicted octanol–water partition coefficient (Wildman–Crippen LogP) is 3.94. The number of carbonyl (C=O) groups excluding carboxylic acids is 1. The van der Waals surface area contributed by atoms with Crippen molar-refractivity contribution in [2.24, 2.45) is 0 Å². The molecule has 1 heteroatoms. The van der Waals surface area contributed by atoms with Crippen LogP contribution in [0.15, 0.2) is 30.3 Å². The second kappa shape index (κ2) is 6.39. The Morgan fingerprint density at radius 3 is 2.40 bits per heavy atom. The average molecular weight is 204 g/mol. The molecule has 1 fully saturated rings. The summed E-state index contributed by atoms with van der Waals surface area (Å²) in [7, 11) is 0. The molecule has 0 saturated heterocycles. The zero-order chi connectivity index (χ0) is 11.1. The highest BCUT2D eigenvalue weighted by atomic mass is 16.1. The molecule has 0 radical (unpaired) electrons. The number of carbonyl (C=O) groups is 1. The monoisotopic (exact) mass is 204 g/mol. The Bertz CT molecular complexity index is 289. The molecular formula is C14H20O. The fraction of sp³-hybridized carbons (Fsp3) is 0.500. The molecule has 1 saturated carbocycles. The Balaban J connectivity index is 0.000000531. The third-order valence-electron chi connectivity index (χ3n) is 2.75. The van der Waals surface area contributed by atoms with Crippen LogP contribution in [0.5, 0.6) is 0 Å². The molecule has 1 aromatic rings. The smallest absolute Gasteiger partial charge is 0.133 e. The van der Waals surface area contributed by atoms with Gasteiger partial charge in [0.25, 0.3) is 0 Å². The number of rotatable bonds is 1. The highest BCUT2D eigenvalue weighted by Crippen LogP contribution is 2.30. The van der Waals surface area contributed by atoms with E-state index in [2.05, 4.69) is 24.3 Å². The third-order valence-corrected chi connectivity index (χ3v) is 2.75. The van der Waals surface area contributed by atoms with Crippen LogP contribution in [0.4, 0.5) is 0 Å². The molecule has 1 aromatic carbocycles. The van der Waals surface area contributed by atoms with E-state index in [-0.39, 0.29) is 0 Å². The fourth-order valence-electron chi connectivity index (χ4n) is 2.03. The maximum atomic E-state index is 11.2. The molecule has 82 valence electrons. The first kappa shape index (κ1) is 12.0. The summed E-state index contributed by atoms with van der Waals surface area (Å²) in [5.41, 5.74) is 1.33. The Labute approximate surface area is 92.5 Å². The van der Waals surface area contributed by atoms with Gasteiger partial charge in [-0.05, 0) is 24.3 Å². The molecule has 1 atom stereocenters. The molecule has 0 bridgehead atoms. The van der Waals surface area contributed by atoms with E-state index in [1.54, 1.807) is 0 Å². The zero-order valence-corrected chi connectivity index (χ0v) is 9.70. The van der Waals surface area contributed by atoms with E-state index in [4.69, 9.17) is 0 Å². The molecule has 1 aliphatic rings. The first-order chi connectivity index (χ1) is 7.36. The second-order valence-corrected chi connectivity index (χ2v) is 3.74. The van der Waals surface area contributed by atoms with Crippen molar-refractivity contribution in [1.29, 1.82) is 0 Å². The molecule has 15 heavy (non-hydrogen) atoms. The zero-order valence-electron chi connectivity index (χ0n) is 9.70. The molecule has 0 spiro atoms. The number of ketones is 1. The summed E-state index contributed by atoms with van der Waals surface area (Å²) in [4.78, 5) is 11.2. The largest absolute Gasteiger partial charge is 0.300 e. The van der Waals surface area contributed by atoms with Crippen LogP contribution in [0.3, 0.4) is 0 Å². The van der Waals surface area contributed by atoms with Gasteiger partial charge in [0, 0.05) is 12.8 Å². The predicted molar refractivity (Wildman–Crippen MR) is 64.0 cm³/mol. The van der Waals surface area contributed by atoms with E-state index >= 15 is 0 Å². The second-order valence-electron chi connectivity index (χ2n) is 3.74. The van der Waals surface area contributed by atoms with Crippen molar-refractivity contribution in [2.75, 3.05) is 0 Å². The van der Waals surface area contributed by atoms with E-state index in [1.807, 2.05) is 19.9 Å². The molecule has 0 aromatic heterocycles. The van der Waals surface area contributed by atoms with E-state index in [0.717, 1.165) is 19.3 Å². The lowest BCUT2D eigenvalue weighted by Crippen LogP contribution is -2.13. The Kier molecular flexibility index (Phi) is 5.09. The quantitative estimate of drug-likeness (QED) is 0.677. The fourth-order valence-corrected chi connectivity index (χ4v) is 2.03. The highest BCUT2D eigenvalue weighted by molar-refractivity contribution is 5.80. The van der Waals surface area contributed by atoms with Gasteiger partial charge in [-0.25, -0.2) is 0 Å². The molecule has 0 amide bonds. The van der Waals surface area contributed by atoms with E-state index in [0.29, 0.717) is 11.7 Å². The van der Waals surface area contributed by atoms with Gasteiger partial charge < -0.3 is 0 Å². The van der Waals surface area contributed by atoms with Gasteiger partial charge in [-0.15, -0.1) is 0 Å². The van der Waals surface area contributed by atoms with Gasteiger partial charge in [0.2, 0.25) is 0 Å². The van der Waals surface area contributed by atoms with Crippen LogP contribution >= 0.6 is 0 Å². The van der Waals surface area contributed by atoms with Crippen LogP contribution < -0.4 is 0 Å². The number of benzene rings is 1. The lowest BCUT2D eigenvalue weighted by atomic mass is 9.83. The summed E-state index contributed by atoms with van der Waals surface area (Å²) in [6.45, 7) is 4.00. The average Bonchev–Trinajstić information content (AvgIpc) is 2.33. The standard InChI is InChI=1S/C12H14O.C2H6/c13-12-8-4-7-11(9-12)10-5-2-1-3-6-10;1-2/h1-3,5-6,11H,4,7-9H2;1-2H3. The minimum atomic E-state index is 0.431. The van der Waals surface area contributed by atoms with E-state index in [9.17, 15) is 4.79 Å². The molecule has 1 unspecified atom stereocenters. The molecule has 0 heterocycles. The minimum absolute atomic E-state index is 0.431. The van der Waals surface area contributed by atoms with Crippen molar-refractivity contribution >= 4 is 5.78 Å². The van der Waals surface area contributed by atoms with Crippen molar-refractivity contribution in [2.45, 2.75) is 45.4 Å². The van der Waals surface area contributed by atoms with Crippen LogP contribution in [0, 0.1) is 0 Å². The van der Waals surface area contributed by atoms with Crippen LogP contribution in [-0.2, 0) is 4.79 Å². The lowest BCUT2D eigenvalue weighted by molar-refractivity contribution is -0.120. The summed E-state index contributed by atoms with van der Waals surface area (Å²) < 4.78 is 0. The third kappa shape index (κ3) is 3.50. The topological polar surface area (TPSA) is 17.1 Å². The summed E-state index contributed by atoms with van der Waals surface area (Å²) >= 11 is 0. The van der Waals surface area contributed by atoms with E-state index < -0.39 is 0 Å². The van der Waals surface area contributed by atoms with Gasteiger partial charge >= 0.3 is 0 Å². The van der Waals surface area contributed by atoms with Crippen molar-refractivity contribution < 1.29 is 4.79 Å². The minimum Gasteiger partial charge on any atom is -0.300 e. The Hall–Kier alpha value is -1.11. The normalized spacial score (nSPS) is 20.4. The van der Waals surface area contributed by atoms with Gasteiger partial charge in [0.15, 0.2) is 0 Å². The van der Waals surface area contributed by atoms with Gasteiger partial charge in [-0.1, -0.05) is 44.2 Å². The summed E-state index contributed by atoms with van der Waals surface area (Å²) in [5.74, 6) is 0.919. The van der Waals surface area contributed by atoms with Gasteiger partial charge in [-0.3, -0.25) is 4.79 Å². The van der Waals surface area contributed by atoms with Crippen LogP contribution in [0.1, 0.15) is 51.0 Å². The SMILES string of the molecule is CC.O=C1CCCC(c2ccccc2)C1. The number of Topliss-reactive ketones (excluding diaryl/α,β-unsaturated/α-hetero) is 1. The highest BCUT2D eigenvalue weighted by Gasteiger charge is 2.20. The lowest BCUT2D eigenvalue weighted by Gasteiger charge is -2.20. The van der Waals surface area contributed by atoms with Crippen LogP contribution in [0.25, 0.3) is 0 Å². The Morgan fingerprint density at radius 1 is 1.13 bits per heavy atom. The maximum absolute atomic E-state index is 11.2. The number of hydrogen-bond donors (Lipinski definition) is 0. The molecule has 0 aliphatic heterocycles. The molecular weight excluding hydrogens is 184 g/mol. The summed E-state index contributed by atoms with van der Waals surface area (Å²) in [6.07, 6.45) is 3.79. The van der Waals surface area contributed by atoms with Crippen molar-refractivity contribution in [1.82, 2.24) is 0 Å². The number of hydrogen-bond acceptors (Lipinski definition) is 1. The van der Waals surface area contributed by atoms with E-state index in [1.165, 1.54) is 12.0 Å². The van der Waals surface area contributed by atoms with Crippen LogP contribution in [-0.4, -0.2) is 5.78 Å².